The number of hydrogen-bond acceptors (Lipinski definition) is 4. The standard InChI is InChI=1S/C14H23N3O/c1-18-14-8-6-13(7-9-14)17-16-10-11-2-4-12(15)5-3-11/h6-9,11-12,16-17H,2-5,10,15H2,1H3. The first-order valence-corrected chi connectivity index (χ1v) is 6.66. The lowest BCUT2D eigenvalue weighted by molar-refractivity contribution is 0.320. The van der Waals surface area contributed by atoms with Gasteiger partial charge in [0.05, 0.1) is 7.11 Å². The van der Waals surface area contributed by atoms with Crippen LogP contribution in [0, 0.1) is 5.92 Å². The highest BCUT2D eigenvalue weighted by molar-refractivity contribution is 5.45. The smallest absolute Gasteiger partial charge is 0.119 e. The van der Waals surface area contributed by atoms with Gasteiger partial charge in [-0.1, -0.05) is 0 Å². The first-order chi connectivity index (χ1) is 8.78. The zero-order valence-corrected chi connectivity index (χ0v) is 11.0. The second-order valence-corrected chi connectivity index (χ2v) is 5.02. The van der Waals surface area contributed by atoms with Gasteiger partial charge in [0.2, 0.25) is 0 Å². The summed E-state index contributed by atoms with van der Waals surface area (Å²) in [6, 6.07) is 8.33. The molecule has 0 atom stereocenters. The Balaban J connectivity index is 1.68. The van der Waals surface area contributed by atoms with Gasteiger partial charge in [0.15, 0.2) is 0 Å². The molecule has 0 heterocycles. The van der Waals surface area contributed by atoms with Crippen molar-refractivity contribution in [3.63, 3.8) is 0 Å². The Morgan fingerprint density at radius 2 is 1.83 bits per heavy atom. The van der Waals surface area contributed by atoms with E-state index >= 15 is 0 Å². The predicted octanol–water partition coefficient (Wildman–Crippen LogP) is 2.13. The van der Waals surface area contributed by atoms with Gasteiger partial charge in [-0.25, -0.2) is 5.43 Å². The first kappa shape index (κ1) is 13.2. The summed E-state index contributed by atoms with van der Waals surface area (Å²) in [5.41, 5.74) is 13.5. The van der Waals surface area contributed by atoms with Crippen LogP contribution in [0.25, 0.3) is 0 Å². The van der Waals surface area contributed by atoms with Crippen molar-refractivity contribution in [3.8, 4) is 5.75 Å². The van der Waals surface area contributed by atoms with E-state index in [0.717, 1.165) is 36.7 Å². The van der Waals surface area contributed by atoms with Crippen LogP contribution >= 0.6 is 0 Å². The van der Waals surface area contributed by atoms with Crippen LogP contribution in [-0.2, 0) is 0 Å². The molecule has 0 spiro atoms. The summed E-state index contributed by atoms with van der Waals surface area (Å²) < 4.78 is 5.12. The number of hydrazine groups is 1. The van der Waals surface area contributed by atoms with Crippen molar-refractivity contribution in [1.29, 1.82) is 0 Å². The highest BCUT2D eigenvalue weighted by Crippen LogP contribution is 2.22. The minimum Gasteiger partial charge on any atom is -0.497 e. The van der Waals surface area contributed by atoms with Crippen LogP contribution < -0.4 is 21.3 Å². The third kappa shape index (κ3) is 3.89. The number of hydrogen-bond donors (Lipinski definition) is 3. The van der Waals surface area contributed by atoms with Crippen molar-refractivity contribution in [2.45, 2.75) is 31.7 Å². The average molecular weight is 249 g/mol. The maximum Gasteiger partial charge on any atom is 0.119 e. The highest BCUT2D eigenvalue weighted by atomic mass is 16.5. The maximum absolute atomic E-state index is 5.90. The molecule has 0 amide bonds. The number of rotatable bonds is 5. The van der Waals surface area contributed by atoms with Gasteiger partial charge in [-0.3, -0.25) is 0 Å². The van der Waals surface area contributed by atoms with Gasteiger partial charge in [-0.15, -0.1) is 0 Å². The average Bonchev–Trinajstić information content (AvgIpc) is 2.42. The number of methoxy groups -OCH3 is 1. The molecule has 4 nitrogen and oxygen atoms in total. The molecule has 0 saturated heterocycles. The molecule has 1 aliphatic carbocycles. The van der Waals surface area contributed by atoms with E-state index < -0.39 is 0 Å². The normalized spacial score (nSPS) is 23.7. The van der Waals surface area contributed by atoms with E-state index in [-0.39, 0.29) is 0 Å². The van der Waals surface area contributed by atoms with E-state index in [9.17, 15) is 0 Å². The molecule has 100 valence electrons. The molecule has 1 aromatic rings. The molecule has 0 aliphatic heterocycles. The number of nitrogens with two attached hydrogens (primary N) is 1. The fourth-order valence-corrected chi connectivity index (χ4v) is 2.36. The summed E-state index contributed by atoms with van der Waals surface area (Å²) in [5.74, 6) is 1.62. The Kier molecular flexibility index (Phi) is 4.84. The van der Waals surface area contributed by atoms with Crippen molar-refractivity contribution >= 4 is 5.69 Å². The van der Waals surface area contributed by atoms with Crippen LogP contribution in [0.2, 0.25) is 0 Å². The molecule has 1 aliphatic rings. The van der Waals surface area contributed by atoms with Crippen LogP contribution in [0.15, 0.2) is 24.3 Å². The summed E-state index contributed by atoms with van der Waals surface area (Å²) in [6.07, 6.45) is 4.79. The minimum absolute atomic E-state index is 0.427. The second kappa shape index (κ2) is 6.61. The number of ether oxygens (including phenoxy) is 1. The molecular formula is C14H23N3O. The summed E-state index contributed by atoms with van der Waals surface area (Å²) in [5, 5.41) is 0. The number of anilines is 1. The molecule has 0 unspecified atom stereocenters. The largest absolute Gasteiger partial charge is 0.497 e. The zero-order chi connectivity index (χ0) is 12.8. The lowest BCUT2D eigenvalue weighted by atomic mass is 9.86. The third-order valence-corrected chi connectivity index (χ3v) is 3.60. The minimum atomic E-state index is 0.427. The number of nitrogens with one attached hydrogen (secondary N) is 2. The van der Waals surface area contributed by atoms with Crippen LogP contribution in [0.4, 0.5) is 5.69 Å². The fourth-order valence-electron chi connectivity index (χ4n) is 2.36. The Morgan fingerprint density at radius 3 is 2.44 bits per heavy atom. The molecule has 18 heavy (non-hydrogen) atoms. The molecule has 4 heteroatoms. The molecule has 1 fully saturated rings. The summed E-state index contributed by atoms with van der Waals surface area (Å²) in [7, 11) is 1.68. The molecular weight excluding hydrogens is 226 g/mol. The van der Waals surface area contributed by atoms with Gasteiger partial charge in [0.1, 0.15) is 5.75 Å². The molecule has 1 saturated carbocycles. The van der Waals surface area contributed by atoms with Crippen molar-refractivity contribution in [1.82, 2.24) is 5.43 Å². The summed E-state index contributed by atoms with van der Waals surface area (Å²) in [6.45, 7) is 0.999. The lowest BCUT2D eigenvalue weighted by Crippen LogP contribution is -2.33. The van der Waals surface area contributed by atoms with Gasteiger partial charge in [-0.05, 0) is 55.9 Å². The van der Waals surface area contributed by atoms with Gasteiger partial charge >= 0.3 is 0 Å². The molecule has 0 aromatic heterocycles. The van der Waals surface area contributed by atoms with E-state index in [1.807, 2.05) is 24.3 Å². The van der Waals surface area contributed by atoms with Gasteiger partial charge < -0.3 is 15.9 Å². The van der Waals surface area contributed by atoms with Crippen LogP contribution in [0.5, 0.6) is 5.75 Å². The molecule has 0 radical (unpaired) electrons. The van der Waals surface area contributed by atoms with E-state index in [0.29, 0.717) is 6.04 Å². The van der Waals surface area contributed by atoms with Crippen LogP contribution in [0.1, 0.15) is 25.7 Å². The Bertz CT molecular complexity index is 345. The fraction of sp³-hybridized carbons (Fsp3) is 0.571. The van der Waals surface area contributed by atoms with E-state index in [2.05, 4.69) is 10.9 Å². The van der Waals surface area contributed by atoms with E-state index in [1.54, 1.807) is 7.11 Å². The second-order valence-electron chi connectivity index (χ2n) is 5.02. The van der Waals surface area contributed by atoms with Crippen LogP contribution in [-0.4, -0.2) is 19.7 Å². The number of benzene rings is 1. The topological polar surface area (TPSA) is 59.3 Å². The SMILES string of the molecule is COc1ccc(NNCC2CCC(N)CC2)cc1. The van der Waals surface area contributed by atoms with E-state index in [4.69, 9.17) is 10.5 Å². The van der Waals surface area contributed by atoms with Crippen molar-refractivity contribution < 1.29 is 4.74 Å². The summed E-state index contributed by atoms with van der Waals surface area (Å²) >= 11 is 0. The Hall–Kier alpha value is -1.26. The third-order valence-electron chi connectivity index (χ3n) is 3.60. The van der Waals surface area contributed by atoms with Gasteiger partial charge in [-0.2, -0.15) is 0 Å². The van der Waals surface area contributed by atoms with Crippen molar-refractivity contribution in [3.05, 3.63) is 24.3 Å². The molecule has 4 N–H and O–H groups in total. The van der Waals surface area contributed by atoms with Gasteiger partial charge in [0, 0.05) is 18.3 Å². The molecule has 0 bridgehead atoms. The van der Waals surface area contributed by atoms with E-state index in [1.165, 1.54) is 12.8 Å². The lowest BCUT2D eigenvalue weighted by Gasteiger charge is -2.26. The maximum atomic E-state index is 5.90. The predicted molar refractivity (Wildman–Crippen MR) is 74.6 cm³/mol. The highest BCUT2D eigenvalue weighted by Gasteiger charge is 2.17. The molecule has 1 aromatic carbocycles. The Morgan fingerprint density at radius 1 is 1.17 bits per heavy atom. The van der Waals surface area contributed by atoms with Gasteiger partial charge in [0.25, 0.3) is 0 Å². The molecule has 2 rings (SSSR count). The summed E-state index contributed by atoms with van der Waals surface area (Å²) in [4.78, 5) is 0. The monoisotopic (exact) mass is 249 g/mol. The van der Waals surface area contributed by atoms with Crippen molar-refractivity contribution in [2.24, 2.45) is 11.7 Å². The first-order valence-electron chi connectivity index (χ1n) is 6.66. The zero-order valence-electron chi connectivity index (χ0n) is 11.0. The van der Waals surface area contributed by atoms with Crippen molar-refractivity contribution in [2.75, 3.05) is 19.1 Å². The van der Waals surface area contributed by atoms with Crippen LogP contribution in [0.3, 0.4) is 0 Å². The Labute approximate surface area is 109 Å². The quantitative estimate of drug-likeness (QED) is 0.700.